The quantitative estimate of drug-likeness (QED) is 0.713. The Balaban J connectivity index is 2.78. The van der Waals surface area contributed by atoms with Gasteiger partial charge < -0.3 is 10.0 Å². The molecule has 0 aromatic rings. The molecular formula is C10H19NO2. The van der Waals surface area contributed by atoms with Gasteiger partial charge in [0.05, 0.1) is 0 Å². The van der Waals surface area contributed by atoms with Gasteiger partial charge in [-0.25, -0.2) is 0 Å². The molecule has 13 heavy (non-hydrogen) atoms. The largest absolute Gasteiger partial charge is 0.396 e. The summed E-state index contributed by atoms with van der Waals surface area (Å²) in [5.74, 6) is 0.289. The van der Waals surface area contributed by atoms with Crippen LogP contribution in [0.2, 0.25) is 0 Å². The predicted octanol–water partition coefficient (Wildman–Crippen LogP) is 1.02. The molecule has 1 saturated heterocycles. The lowest BCUT2D eigenvalue weighted by Crippen LogP contribution is -2.45. The Morgan fingerprint density at radius 2 is 2.23 bits per heavy atom. The number of carbonyl (C=O) groups excluding carboxylic acids is 1. The molecule has 1 unspecified atom stereocenters. The van der Waals surface area contributed by atoms with E-state index in [4.69, 9.17) is 5.11 Å². The molecule has 0 radical (unpaired) electrons. The Morgan fingerprint density at radius 1 is 1.62 bits per heavy atom. The average Bonchev–Trinajstić information content (AvgIpc) is 2.28. The lowest BCUT2D eigenvalue weighted by Gasteiger charge is -2.35. The lowest BCUT2D eigenvalue weighted by molar-refractivity contribution is -0.130. The van der Waals surface area contributed by atoms with Crippen molar-refractivity contribution in [2.45, 2.75) is 39.2 Å². The summed E-state index contributed by atoms with van der Waals surface area (Å²) >= 11 is 0. The van der Waals surface area contributed by atoms with Gasteiger partial charge in [-0.15, -0.1) is 0 Å². The molecule has 1 aliphatic heterocycles. The predicted molar refractivity (Wildman–Crippen MR) is 51.3 cm³/mol. The first-order chi connectivity index (χ1) is 6.04. The van der Waals surface area contributed by atoms with Gasteiger partial charge in [-0.1, -0.05) is 6.92 Å². The van der Waals surface area contributed by atoms with Crippen LogP contribution in [-0.2, 0) is 4.79 Å². The monoisotopic (exact) mass is 185 g/mol. The highest BCUT2D eigenvalue weighted by Crippen LogP contribution is 2.34. The second-order valence-corrected chi connectivity index (χ2v) is 4.28. The molecular weight excluding hydrogens is 166 g/mol. The summed E-state index contributed by atoms with van der Waals surface area (Å²) in [5.41, 5.74) is -0.165. The van der Waals surface area contributed by atoms with E-state index in [-0.39, 0.29) is 24.0 Å². The van der Waals surface area contributed by atoms with Crippen molar-refractivity contribution in [2.24, 2.45) is 5.92 Å². The number of rotatable bonds is 3. The van der Waals surface area contributed by atoms with Crippen LogP contribution in [0.5, 0.6) is 0 Å². The van der Waals surface area contributed by atoms with Crippen LogP contribution in [0.15, 0.2) is 0 Å². The molecule has 0 saturated carbocycles. The van der Waals surface area contributed by atoms with Gasteiger partial charge >= 0.3 is 0 Å². The minimum absolute atomic E-state index is 0.103. The van der Waals surface area contributed by atoms with E-state index < -0.39 is 0 Å². The SMILES string of the molecule is CCCN1C(=O)CC(CO)C1(C)C. The van der Waals surface area contributed by atoms with E-state index in [9.17, 15) is 4.79 Å². The molecule has 0 bridgehead atoms. The first-order valence-corrected chi connectivity index (χ1v) is 4.95. The third-order valence-electron chi connectivity index (χ3n) is 3.08. The molecule has 1 heterocycles. The fraction of sp³-hybridized carbons (Fsp3) is 0.900. The highest BCUT2D eigenvalue weighted by Gasteiger charge is 2.44. The zero-order valence-corrected chi connectivity index (χ0v) is 8.71. The standard InChI is InChI=1S/C10H19NO2/c1-4-5-11-9(13)6-8(7-12)10(11,2)3/h8,12H,4-7H2,1-3H3. The highest BCUT2D eigenvalue weighted by molar-refractivity contribution is 5.80. The summed E-state index contributed by atoms with van der Waals surface area (Å²) in [6, 6.07) is 0. The molecule has 3 heteroatoms. The maximum Gasteiger partial charge on any atom is 0.223 e. The molecule has 0 spiro atoms. The van der Waals surface area contributed by atoms with Crippen molar-refractivity contribution in [1.29, 1.82) is 0 Å². The number of hydrogen-bond donors (Lipinski definition) is 1. The van der Waals surface area contributed by atoms with Crippen LogP contribution in [0.1, 0.15) is 33.6 Å². The number of amides is 1. The Morgan fingerprint density at radius 3 is 2.62 bits per heavy atom. The van der Waals surface area contributed by atoms with Crippen LogP contribution in [0.3, 0.4) is 0 Å². The first-order valence-electron chi connectivity index (χ1n) is 4.95. The van der Waals surface area contributed by atoms with Gasteiger partial charge in [0, 0.05) is 31.0 Å². The van der Waals surface area contributed by atoms with Gasteiger partial charge in [-0.05, 0) is 20.3 Å². The van der Waals surface area contributed by atoms with Crippen molar-refractivity contribution in [2.75, 3.05) is 13.2 Å². The molecule has 1 aliphatic rings. The first kappa shape index (κ1) is 10.5. The molecule has 0 aliphatic carbocycles. The van der Waals surface area contributed by atoms with E-state index in [2.05, 4.69) is 6.92 Å². The van der Waals surface area contributed by atoms with Crippen LogP contribution in [0.25, 0.3) is 0 Å². The molecule has 1 fully saturated rings. The number of aliphatic hydroxyl groups is 1. The highest BCUT2D eigenvalue weighted by atomic mass is 16.3. The summed E-state index contributed by atoms with van der Waals surface area (Å²) in [7, 11) is 0. The van der Waals surface area contributed by atoms with Crippen molar-refractivity contribution in [3.05, 3.63) is 0 Å². The number of aliphatic hydroxyl groups excluding tert-OH is 1. The van der Waals surface area contributed by atoms with E-state index in [0.29, 0.717) is 6.42 Å². The van der Waals surface area contributed by atoms with E-state index in [1.54, 1.807) is 0 Å². The average molecular weight is 185 g/mol. The number of hydrogen-bond acceptors (Lipinski definition) is 2. The number of nitrogens with zero attached hydrogens (tertiary/aromatic N) is 1. The van der Waals surface area contributed by atoms with Crippen LogP contribution in [0.4, 0.5) is 0 Å². The van der Waals surface area contributed by atoms with E-state index in [1.807, 2.05) is 18.7 Å². The van der Waals surface area contributed by atoms with Crippen molar-refractivity contribution in [1.82, 2.24) is 4.90 Å². The molecule has 3 nitrogen and oxygen atoms in total. The molecule has 1 atom stereocenters. The Kier molecular flexibility index (Phi) is 2.96. The summed E-state index contributed by atoms with van der Waals surface area (Å²) in [6.07, 6.45) is 1.48. The summed E-state index contributed by atoms with van der Waals surface area (Å²) < 4.78 is 0. The zero-order chi connectivity index (χ0) is 10.1. The Labute approximate surface area is 79.7 Å². The van der Waals surface area contributed by atoms with Crippen molar-refractivity contribution in [3.63, 3.8) is 0 Å². The third kappa shape index (κ3) is 1.70. The minimum Gasteiger partial charge on any atom is -0.396 e. The summed E-state index contributed by atoms with van der Waals surface area (Å²) in [4.78, 5) is 13.5. The maximum atomic E-state index is 11.6. The van der Waals surface area contributed by atoms with Gasteiger partial charge in [-0.2, -0.15) is 0 Å². The Bertz CT molecular complexity index is 201. The summed E-state index contributed by atoms with van der Waals surface area (Å²) in [5, 5.41) is 9.13. The van der Waals surface area contributed by atoms with Crippen LogP contribution >= 0.6 is 0 Å². The number of carbonyl (C=O) groups is 1. The lowest BCUT2D eigenvalue weighted by atomic mass is 9.89. The molecule has 76 valence electrons. The van der Waals surface area contributed by atoms with Crippen molar-refractivity contribution < 1.29 is 9.90 Å². The maximum absolute atomic E-state index is 11.6. The molecule has 1 amide bonds. The second-order valence-electron chi connectivity index (χ2n) is 4.28. The van der Waals surface area contributed by atoms with Gasteiger partial charge in [0.15, 0.2) is 0 Å². The van der Waals surface area contributed by atoms with E-state index >= 15 is 0 Å². The van der Waals surface area contributed by atoms with Crippen molar-refractivity contribution in [3.8, 4) is 0 Å². The molecule has 0 aromatic carbocycles. The fourth-order valence-electron chi connectivity index (χ4n) is 2.04. The van der Waals surface area contributed by atoms with E-state index in [0.717, 1.165) is 13.0 Å². The van der Waals surface area contributed by atoms with Crippen molar-refractivity contribution >= 4 is 5.91 Å². The molecule has 0 aromatic heterocycles. The molecule has 1 N–H and O–H groups in total. The van der Waals surface area contributed by atoms with E-state index in [1.165, 1.54) is 0 Å². The third-order valence-corrected chi connectivity index (χ3v) is 3.08. The smallest absolute Gasteiger partial charge is 0.223 e. The van der Waals surface area contributed by atoms with Crippen LogP contribution in [0, 0.1) is 5.92 Å². The van der Waals surface area contributed by atoms with Gasteiger partial charge in [0.1, 0.15) is 0 Å². The van der Waals surface area contributed by atoms with Gasteiger partial charge in [0.2, 0.25) is 5.91 Å². The van der Waals surface area contributed by atoms with Gasteiger partial charge in [-0.3, -0.25) is 4.79 Å². The van der Waals surface area contributed by atoms with Crippen LogP contribution in [-0.4, -0.2) is 34.6 Å². The normalized spacial score (nSPS) is 26.9. The zero-order valence-electron chi connectivity index (χ0n) is 8.71. The fourth-order valence-corrected chi connectivity index (χ4v) is 2.04. The summed E-state index contributed by atoms with van der Waals surface area (Å²) in [6.45, 7) is 7.06. The second kappa shape index (κ2) is 3.66. The minimum atomic E-state index is -0.165. The van der Waals surface area contributed by atoms with Gasteiger partial charge in [0.25, 0.3) is 0 Å². The topological polar surface area (TPSA) is 40.5 Å². The number of likely N-dealkylation sites (tertiary alicyclic amines) is 1. The Hall–Kier alpha value is -0.570. The van der Waals surface area contributed by atoms with Crippen LogP contribution < -0.4 is 0 Å². The molecule has 1 rings (SSSR count).